The Bertz CT molecular complexity index is 1650. The van der Waals surface area contributed by atoms with Gasteiger partial charge in [-0.05, 0) is 43.7 Å². The average Bonchev–Trinajstić information content (AvgIpc) is 3.19. The van der Waals surface area contributed by atoms with E-state index in [1.807, 2.05) is 0 Å². The van der Waals surface area contributed by atoms with E-state index < -0.39 is 28.5 Å². The van der Waals surface area contributed by atoms with Crippen LogP contribution in [0.4, 0.5) is 5.69 Å². The number of carboxylic acid groups (broad SMARTS) is 1. The summed E-state index contributed by atoms with van der Waals surface area (Å²) >= 11 is 1.06. The van der Waals surface area contributed by atoms with E-state index in [9.17, 15) is 24.8 Å². The number of phenolic OH excluding ortho intramolecular Hbond substituents is 1. The summed E-state index contributed by atoms with van der Waals surface area (Å²) in [6.07, 6.45) is 1.45. The second kappa shape index (κ2) is 12.2. The van der Waals surface area contributed by atoms with Gasteiger partial charge >= 0.3 is 5.97 Å². The molecular formula is C26H25N3O9S. The predicted molar refractivity (Wildman–Crippen MR) is 142 cm³/mol. The number of carbonyl (C=O) groups is 2. The first-order valence-corrected chi connectivity index (χ1v) is 12.3. The molecule has 2 N–H and O–H groups in total. The number of fused-ring (bicyclic) bond motifs is 1. The third kappa shape index (κ3) is 6.21. The van der Waals surface area contributed by atoms with E-state index in [1.165, 1.54) is 29.9 Å². The van der Waals surface area contributed by atoms with E-state index in [0.717, 1.165) is 18.3 Å². The molecule has 204 valence electrons. The van der Waals surface area contributed by atoms with Crippen LogP contribution in [-0.4, -0.2) is 45.4 Å². The predicted octanol–water partition coefficient (Wildman–Crippen LogP) is 2.62. The number of nitro groups is 1. The Morgan fingerprint density at radius 3 is 2.54 bits per heavy atom. The molecule has 0 fully saturated rings. The molecule has 0 spiro atoms. The van der Waals surface area contributed by atoms with Crippen molar-refractivity contribution < 1.29 is 34.2 Å². The zero-order valence-corrected chi connectivity index (χ0v) is 22.2. The lowest BCUT2D eigenvalue weighted by atomic mass is 9.96. The van der Waals surface area contributed by atoms with Gasteiger partial charge in [0.1, 0.15) is 6.04 Å². The van der Waals surface area contributed by atoms with Gasteiger partial charge in [0.2, 0.25) is 0 Å². The summed E-state index contributed by atoms with van der Waals surface area (Å²) in [6, 6.07) is 9.90. The Hall–Kier alpha value is -4.78. The number of aliphatic carboxylic acids is 1. The maximum atomic E-state index is 13.3. The number of rotatable bonds is 6. The largest absolute Gasteiger partial charge is 0.504 e. The minimum absolute atomic E-state index is 0.0696. The first-order chi connectivity index (χ1) is 18.5. The van der Waals surface area contributed by atoms with E-state index in [4.69, 9.17) is 19.4 Å². The highest BCUT2D eigenvalue weighted by Gasteiger charge is 2.32. The third-order valence-electron chi connectivity index (χ3n) is 5.48. The van der Waals surface area contributed by atoms with E-state index in [2.05, 4.69) is 4.99 Å². The minimum atomic E-state index is -0.833. The van der Waals surface area contributed by atoms with E-state index in [-0.39, 0.29) is 39.5 Å². The number of benzene rings is 2. The van der Waals surface area contributed by atoms with E-state index in [0.29, 0.717) is 16.1 Å². The van der Waals surface area contributed by atoms with Crippen LogP contribution in [0, 0.1) is 10.1 Å². The lowest BCUT2D eigenvalue weighted by Gasteiger charge is -2.22. The maximum Gasteiger partial charge on any atom is 0.338 e. The molecular weight excluding hydrogens is 530 g/mol. The molecule has 13 heteroatoms. The number of aromatic hydroxyl groups is 1. The Kier molecular flexibility index (Phi) is 8.99. The van der Waals surface area contributed by atoms with Crippen LogP contribution in [0.25, 0.3) is 11.8 Å². The molecule has 2 heterocycles. The lowest BCUT2D eigenvalue weighted by Crippen LogP contribution is -2.35. The van der Waals surface area contributed by atoms with Crippen molar-refractivity contribution in [3.05, 3.63) is 89.0 Å². The molecule has 0 amide bonds. The highest BCUT2D eigenvalue weighted by atomic mass is 32.1. The van der Waals surface area contributed by atoms with Gasteiger partial charge in [-0.15, -0.1) is 0 Å². The number of carbonyl (C=O) groups excluding carboxylic acids is 1. The van der Waals surface area contributed by atoms with Crippen LogP contribution in [0.15, 0.2) is 57.8 Å². The molecule has 4 rings (SSSR count). The van der Waals surface area contributed by atoms with Crippen molar-refractivity contribution in [1.29, 1.82) is 0 Å². The summed E-state index contributed by atoms with van der Waals surface area (Å²) in [7, 11) is 1.41. The van der Waals surface area contributed by atoms with Crippen molar-refractivity contribution in [3.8, 4) is 11.5 Å². The van der Waals surface area contributed by atoms with Crippen LogP contribution in [0.2, 0.25) is 0 Å². The summed E-state index contributed by atoms with van der Waals surface area (Å²) in [4.78, 5) is 51.1. The standard InChI is InChI=1S/C24H21N3O7S.C2H4O2/c1-4-34-23(30)20-13(2)26-22(29)19(12-14-7-5-6-8-16(14)27(31)32)35-24(26)25-21(20)15-9-10-17(28)18(11-15)33-3;1-2(3)4/h5-12,21,28H,4H2,1-3H3;1H3,(H,3,4)/b19-12+;. The number of nitrogens with zero attached hydrogens (tertiary/aromatic N) is 3. The molecule has 12 nitrogen and oxygen atoms in total. The van der Waals surface area contributed by atoms with E-state index >= 15 is 0 Å². The molecule has 2 aromatic carbocycles. The molecule has 3 aromatic rings. The van der Waals surface area contributed by atoms with Crippen LogP contribution in [0.5, 0.6) is 11.5 Å². The first kappa shape index (κ1) is 28.8. The Morgan fingerprint density at radius 2 is 1.92 bits per heavy atom. The maximum absolute atomic E-state index is 13.3. The van der Waals surface area contributed by atoms with Gasteiger partial charge in [-0.25, -0.2) is 9.79 Å². The third-order valence-corrected chi connectivity index (χ3v) is 6.46. The number of esters is 1. The highest BCUT2D eigenvalue weighted by molar-refractivity contribution is 7.07. The van der Waals surface area contributed by atoms with Crippen molar-refractivity contribution >= 4 is 40.7 Å². The quantitative estimate of drug-likeness (QED) is 0.264. The normalized spacial score (nSPS) is 14.5. The van der Waals surface area contributed by atoms with Crippen molar-refractivity contribution in [2.45, 2.75) is 26.8 Å². The van der Waals surface area contributed by atoms with Crippen LogP contribution >= 0.6 is 11.3 Å². The average molecular weight is 556 g/mol. The van der Waals surface area contributed by atoms with Gasteiger partial charge in [0.25, 0.3) is 17.2 Å². The molecule has 1 aliphatic rings. The molecule has 0 bridgehead atoms. The Balaban J connectivity index is 0.000000983. The zero-order chi connectivity index (χ0) is 28.9. The van der Waals surface area contributed by atoms with Gasteiger partial charge < -0.3 is 19.7 Å². The number of nitro benzene ring substituents is 1. The first-order valence-electron chi connectivity index (χ1n) is 11.5. The number of para-hydroxylation sites is 1. The zero-order valence-electron chi connectivity index (χ0n) is 21.4. The second-order valence-corrected chi connectivity index (χ2v) is 9.06. The van der Waals surface area contributed by atoms with Gasteiger partial charge in [0.05, 0.1) is 34.3 Å². The molecule has 39 heavy (non-hydrogen) atoms. The van der Waals surface area contributed by atoms with Crippen LogP contribution < -0.4 is 19.6 Å². The van der Waals surface area contributed by atoms with Gasteiger partial charge in [-0.2, -0.15) is 0 Å². The van der Waals surface area contributed by atoms with Crippen molar-refractivity contribution in [3.63, 3.8) is 0 Å². The molecule has 0 radical (unpaired) electrons. The number of thiazole rings is 1. The van der Waals surface area contributed by atoms with Crippen LogP contribution in [0.1, 0.15) is 37.9 Å². The number of aromatic nitrogens is 1. The minimum Gasteiger partial charge on any atom is -0.504 e. The van der Waals surface area contributed by atoms with Gasteiger partial charge in [0, 0.05) is 18.7 Å². The second-order valence-electron chi connectivity index (χ2n) is 8.05. The summed E-state index contributed by atoms with van der Waals surface area (Å²) in [5.74, 6) is -1.32. The molecule has 0 saturated heterocycles. The molecule has 1 atom stereocenters. The SMILES string of the molecule is CC(=O)O.CCOC(=O)C1=C(C)n2c(s/c(=C/c3ccccc3[N+](=O)[O-])c2=O)=NC1c1ccc(O)c(OC)c1. The topological polar surface area (TPSA) is 171 Å². The van der Waals surface area contributed by atoms with Crippen LogP contribution in [0.3, 0.4) is 0 Å². The Labute approximate surface area is 225 Å². The Morgan fingerprint density at radius 1 is 1.26 bits per heavy atom. The van der Waals surface area contributed by atoms with Gasteiger partial charge in [0.15, 0.2) is 16.3 Å². The van der Waals surface area contributed by atoms with Crippen molar-refractivity contribution in [2.75, 3.05) is 13.7 Å². The number of ether oxygens (including phenoxy) is 2. The number of carboxylic acids is 1. The van der Waals surface area contributed by atoms with Crippen molar-refractivity contribution in [1.82, 2.24) is 4.57 Å². The van der Waals surface area contributed by atoms with E-state index in [1.54, 1.807) is 44.2 Å². The molecule has 1 aliphatic heterocycles. The number of allylic oxidation sites excluding steroid dienone is 1. The molecule has 0 aliphatic carbocycles. The van der Waals surface area contributed by atoms with Crippen molar-refractivity contribution in [2.24, 2.45) is 4.99 Å². The fourth-order valence-electron chi connectivity index (χ4n) is 3.84. The van der Waals surface area contributed by atoms with Gasteiger partial charge in [-0.1, -0.05) is 29.5 Å². The summed E-state index contributed by atoms with van der Waals surface area (Å²) < 4.78 is 12.0. The smallest absolute Gasteiger partial charge is 0.338 e. The monoisotopic (exact) mass is 555 g/mol. The number of hydrogen-bond acceptors (Lipinski definition) is 10. The molecule has 0 saturated carbocycles. The summed E-state index contributed by atoms with van der Waals surface area (Å²) in [6.45, 7) is 4.51. The number of methoxy groups -OCH3 is 1. The lowest BCUT2D eigenvalue weighted by molar-refractivity contribution is -0.385. The fraction of sp³-hybridized carbons (Fsp3) is 0.231. The molecule has 1 aromatic heterocycles. The summed E-state index contributed by atoms with van der Waals surface area (Å²) in [5.41, 5.74) is 0.763. The number of phenols is 1. The van der Waals surface area contributed by atoms with Gasteiger partial charge in [-0.3, -0.25) is 24.3 Å². The fourth-order valence-corrected chi connectivity index (χ4v) is 4.87. The number of hydrogen-bond donors (Lipinski definition) is 2. The molecule has 1 unspecified atom stereocenters. The summed E-state index contributed by atoms with van der Waals surface area (Å²) in [5, 5.41) is 28.8. The highest BCUT2D eigenvalue weighted by Crippen LogP contribution is 2.36. The van der Waals surface area contributed by atoms with Crippen LogP contribution in [-0.2, 0) is 14.3 Å².